The molecule has 78 valence electrons. The van der Waals surface area contributed by atoms with E-state index in [4.69, 9.17) is 0 Å². The first kappa shape index (κ1) is 9.77. The minimum absolute atomic E-state index is 0.162. The fraction of sp³-hybridized carbons (Fsp3) is 0.250. The SMILES string of the molecule is CC(C)c1c[nH]c(=O)c2cccc(O)c12. The lowest BCUT2D eigenvalue weighted by Crippen LogP contribution is -2.07. The van der Waals surface area contributed by atoms with Crippen LogP contribution in [0.15, 0.2) is 29.2 Å². The molecule has 0 amide bonds. The van der Waals surface area contributed by atoms with Gasteiger partial charge in [0.15, 0.2) is 0 Å². The molecule has 0 fully saturated rings. The molecule has 0 bridgehead atoms. The zero-order valence-corrected chi connectivity index (χ0v) is 8.74. The Hall–Kier alpha value is -1.77. The minimum Gasteiger partial charge on any atom is -0.507 e. The van der Waals surface area contributed by atoms with Gasteiger partial charge in [0.1, 0.15) is 5.75 Å². The second-order valence-electron chi connectivity index (χ2n) is 3.93. The number of phenols is 1. The molecule has 3 nitrogen and oxygen atoms in total. The predicted molar refractivity (Wildman–Crippen MR) is 60.3 cm³/mol. The molecule has 0 aliphatic heterocycles. The molecule has 1 aromatic heterocycles. The van der Waals surface area contributed by atoms with E-state index in [-0.39, 0.29) is 17.2 Å². The molecule has 0 spiro atoms. The van der Waals surface area contributed by atoms with Gasteiger partial charge in [0, 0.05) is 11.6 Å². The Morgan fingerprint density at radius 2 is 2.07 bits per heavy atom. The molecule has 1 aromatic carbocycles. The quantitative estimate of drug-likeness (QED) is 0.747. The van der Waals surface area contributed by atoms with Crippen molar-refractivity contribution in [1.29, 1.82) is 0 Å². The van der Waals surface area contributed by atoms with E-state index < -0.39 is 0 Å². The van der Waals surface area contributed by atoms with Gasteiger partial charge in [0.05, 0.1) is 5.39 Å². The van der Waals surface area contributed by atoms with Crippen molar-refractivity contribution in [3.05, 3.63) is 40.3 Å². The van der Waals surface area contributed by atoms with Crippen LogP contribution < -0.4 is 5.56 Å². The molecule has 3 heteroatoms. The van der Waals surface area contributed by atoms with Gasteiger partial charge in [-0.3, -0.25) is 4.79 Å². The van der Waals surface area contributed by atoms with Crippen LogP contribution in [0.25, 0.3) is 10.8 Å². The van der Waals surface area contributed by atoms with Crippen LogP contribution in [0.5, 0.6) is 5.75 Å². The van der Waals surface area contributed by atoms with E-state index in [1.165, 1.54) is 0 Å². The number of rotatable bonds is 1. The van der Waals surface area contributed by atoms with Crippen LogP contribution in [0.1, 0.15) is 25.3 Å². The van der Waals surface area contributed by atoms with E-state index in [2.05, 4.69) is 4.98 Å². The highest BCUT2D eigenvalue weighted by molar-refractivity contribution is 5.90. The van der Waals surface area contributed by atoms with Gasteiger partial charge in [-0.25, -0.2) is 0 Å². The molecule has 15 heavy (non-hydrogen) atoms. The summed E-state index contributed by atoms with van der Waals surface area (Å²) in [5, 5.41) is 11.0. The summed E-state index contributed by atoms with van der Waals surface area (Å²) >= 11 is 0. The summed E-state index contributed by atoms with van der Waals surface area (Å²) in [7, 11) is 0. The third-order valence-electron chi connectivity index (χ3n) is 2.56. The van der Waals surface area contributed by atoms with Crippen molar-refractivity contribution in [3.63, 3.8) is 0 Å². The molecular weight excluding hydrogens is 190 g/mol. The lowest BCUT2D eigenvalue weighted by molar-refractivity contribution is 0.481. The molecule has 0 atom stereocenters. The van der Waals surface area contributed by atoms with Crippen LogP contribution in [0.3, 0.4) is 0 Å². The fourth-order valence-electron chi connectivity index (χ4n) is 1.78. The van der Waals surface area contributed by atoms with Crippen LogP contribution in [-0.2, 0) is 0 Å². The Morgan fingerprint density at radius 1 is 1.33 bits per heavy atom. The summed E-state index contributed by atoms with van der Waals surface area (Å²) in [6, 6.07) is 5.00. The standard InChI is InChI=1S/C12H13NO2/c1-7(2)9-6-13-12(15)8-4-3-5-10(14)11(8)9/h3-7,14H,1-2H3,(H,13,15). The summed E-state index contributed by atoms with van der Waals surface area (Å²) in [4.78, 5) is 14.2. The Labute approximate surface area is 87.4 Å². The highest BCUT2D eigenvalue weighted by Crippen LogP contribution is 2.29. The van der Waals surface area contributed by atoms with Crippen LogP contribution in [0.4, 0.5) is 0 Å². The monoisotopic (exact) mass is 203 g/mol. The molecule has 0 unspecified atom stereocenters. The van der Waals surface area contributed by atoms with Gasteiger partial charge in [-0.2, -0.15) is 0 Å². The summed E-state index contributed by atoms with van der Waals surface area (Å²) in [6.07, 6.45) is 1.68. The molecule has 2 N–H and O–H groups in total. The summed E-state index contributed by atoms with van der Waals surface area (Å²) in [5.41, 5.74) is 0.799. The third-order valence-corrected chi connectivity index (χ3v) is 2.56. The smallest absolute Gasteiger partial charge is 0.255 e. The second kappa shape index (κ2) is 3.42. The number of aromatic amines is 1. The Kier molecular flexibility index (Phi) is 2.23. The van der Waals surface area contributed by atoms with Crippen LogP contribution in [0, 0.1) is 0 Å². The Bertz CT molecular complexity index is 555. The second-order valence-corrected chi connectivity index (χ2v) is 3.93. The maximum absolute atomic E-state index is 11.5. The van der Waals surface area contributed by atoms with Gasteiger partial charge < -0.3 is 10.1 Å². The first-order valence-corrected chi connectivity index (χ1v) is 4.94. The number of H-pyrrole nitrogens is 1. The maximum atomic E-state index is 11.5. The van der Waals surface area contributed by atoms with Crippen molar-refractivity contribution in [2.24, 2.45) is 0 Å². The number of nitrogens with one attached hydrogen (secondary N) is 1. The predicted octanol–water partition coefficient (Wildman–Crippen LogP) is 2.36. The molecule has 0 aliphatic rings. The minimum atomic E-state index is -0.162. The molecule has 2 aromatic rings. The lowest BCUT2D eigenvalue weighted by Gasteiger charge is -2.10. The van der Waals surface area contributed by atoms with Crippen molar-refractivity contribution in [1.82, 2.24) is 4.98 Å². The van der Waals surface area contributed by atoms with Crippen molar-refractivity contribution in [3.8, 4) is 5.75 Å². The molecule has 1 heterocycles. The molecule has 0 saturated carbocycles. The average molecular weight is 203 g/mol. The van der Waals surface area contributed by atoms with Crippen molar-refractivity contribution >= 4 is 10.8 Å². The number of aromatic nitrogens is 1. The molecule has 0 saturated heterocycles. The topological polar surface area (TPSA) is 53.1 Å². The number of pyridine rings is 1. The number of phenolic OH excluding ortho intramolecular Hbond substituents is 1. The zero-order valence-electron chi connectivity index (χ0n) is 8.74. The van der Waals surface area contributed by atoms with Gasteiger partial charge in [-0.05, 0) is 23.6 Å². The zero-order chi connectivity index (χ0) is 11.0. The van der Waals surface area contributed by atoms with Crippen LogP contribution >= 0.6 is 0 Å². The molecule has 0 aliphatic carbocycles. The van der Waals surface area contributed by atoms with Crippen molar-refractivity contribution < 1.29 is 5.11 Å². The fourth-order valence-corrected chi connectivity index (χ4v) is 1.78. The van der Waals surface area contributed by atoms with E-state index in [0.29, 0.717) is 10.8 Å². The van der Waals surface area contributed by atoms with Gasteiger partial charge in [0.2, 0.25) is 0 Å². The van der Waals surface area contributed by atoms with Gasteiger partial charge >= 0.3 is 0 Å². The maximum Gasteiger partial charge on any atom is 0.255 e. The molecule has 2 rings (SSSR count). The highest BCUT2D eigenvalue weighted by Gasteiger charge is 2.10. The van der Waals surface area contributed by atoms with Crippen LogP contribution in [-0.4, -0.2) is 10.1 Å². The summed E-state index contributed by atoms with van der Waals surface area (Å²) in [6.45, 7) is 4.05. The number of aromatic hydroxyl groups is 1. The summed E-state index contributed by atoms with van der Waals surface area (Å²) < 4.78 is 0. The van der Waals surface area contributed by atoms with Crippen LogP contribution in [0.2, 0.25) is 0 Å². The van der Waals surface area contributed by atoms with E-state index in [1.54, 1.807) is 24.4 Å². The van der Waals surface area contributed by atoms with E-state index in [9.17, 15) is 9.90 Å². The lowest BCUT2D eigenvalue weighted by atomic mass is 9.98. The highest BCUT2D eigenvalue weighted by atomic mass is 16.3. The average Bonchev–Trinajstić information content (AvgIpc) is 2.19. The first-order valence-electron chi connectivity index (χ1n) is 4.94. The van der Waals surface area contributed by atoms with Gasteiger partial charge in [0.25, 0.3) is 5.56 Å². The first-order chi connectivity index (χ1) is 7.11. The van der Waals surface area contributed by atoms with Crippen molar-refractivity contribution in [2.75, 3.05) is 0 Å². The van der Waals surface area contributed by atoms with Crippen molar-refractivity contribution in [2.45, 2.75) is 19.8 Å². The Morgan fingerprint density at radius 3 is 2.73 bits per heavy atom. The number of benzene rings is 1. The normalized spacial score (nSPS) is 11.1. The third kappa shape index (κ3) is 1.50. The largest absolute Gasteiger partial charge is 0.507 e. The van der Waals surface area contributed by atoms with E-state index >= 15 is 0 Å². The summed E-state index contributed by atoms with van der Waals surface area (Å²) in [5.74, 6) is 0.431. The number of hydrogen-bond acceptors (Lipinski definition) is 2. The number of fused-ring (bicyclic) bond motifs is 1. The molecule has 0 radical (unpaired) electrons. The van der Waals surface area contributed by atoms with E-state index in [0.717, 1.165) is 5.56 Å². The van der Waals surface area contributed by atoms with E-state index in [1.807, 2.05) is 13.8 Å². The van der Waals surface area contributed by atoms with Gasteiger partial charge in [-0.1, -0.05) is 19.9 Å². The number of hydrogen-bond donors (Lipinski definition) is 2. The van der Waals surface area contributed by atoms with Gasteiger partial charge in [-0.15, -0.1) is 0 Å². The molecular formula is C12H13NO2. The Balaban J connectivity index is 2.97.